The van der Waals surface area contributed by atoms with Gasteiger partial charge in [0.2, 0.25) is 0 Å². The van der Waals surface area contributed by atoms with Crippen molar-refractivity contribution in [1.29, 1.82) is 0 Å². The molecule has 0 spiro atoms. The van der Waals surface area contributed by atoms with Gasteiger partial charge in [0.1, 0.15) is 0 Å². The van der Waals surface area contributed by atoms with Crippen molar-refractivity contribution in [2.75, 3.05) is 13.2 Å². The number of amides is 1. The predicted octanol–water partition coefficient (Wildman–Crippen LogP) is 4.79. The lowest BCUT2D eigenvalue weighted by atomic mass is 9.84. The fourth-order valence-corrected chi connectivity index (χ4v) is 3.79. The third-order valence-electron chi connectivity index (χ3n) is 4.98. The molecule has 148 valence electrons. The Balaban J connectivity index is 1.91. The van der Waals surface area contributed by atoms with E-state index in [0.29, 0.717) is 35.5 Å². The number of nitrogens with zero attached hydrogens (tertiary/aromatic N) is 1. The molecule has 2 atom stereocenters. The quantitative estimate of drug-likeness (QED) is 0.535. The van der Waals surface area contributed by atoms with Crippen molar-refractivity contribution in [1.82, 2.24) is 4.90 Å². The number of carbonyl (C=O) groups is 2. The summed E-state index contributed by atoms with van der Waals surface area (Å²) in [5.41, 5.74) is 1.70. The van der Waals surface area contributed by atoms with E-state index in [-0.39, 0.29) is 11.9 Å². The Morgan fingerprint density at radius 1 is 1.30 bits per heavy atom. The summed E-state index contributed by atoms with van der Waals surface area (Å²) in [5, 5.41) is 9.38. The minimum Gasteiger partial charge on any atom is -0.465 e. The Bertz CT molecular complexity index is 671. The van der Waals surface area contributed by atoms with Crippen molar-refractivity contribution in [2.24, 2.45) is 17.8 Å². The monoisotopic (exact) mass is 391 g/mol. The number of hydrogen-bond donors (Lipinski definition) is 1. The van der Waals surface area contributed by atoms with E-state index >= 15 is 0 Å². The van der Waals surface area contributed by atoms with Crippen LogP contribution in [0.25, 0.3) is 0 Å². The highest BCUT2D eigenvalue weighted by Gasteiger charge is 2.33. The molecule has 6 heteroatoms. The molecule has 2 unspecified atom stereocenters. The van der Waals surface area contributed by atoms with E-state index in [1.54, 1.807) is 12.1 Å². The van der Waals surface area contributed by atoms with Gasteiger partial charge in [-0.05, 0) is 55.2 Å². The molecule has 0 saturated carbocycles. The standard InChI is InChI=1S/C21H29NO4S/c1-4-17-11-16(12-22(19(17)27)21(24)25)6-5-15-7-9-18(10-8-15)20(23)26-13-14(2)3/h7-10,14,16-17H,4-6,11-13H2,1-3H3,(H,24,25). The first-order valence-corrected chi connectivity index (χ1v) is 10.0. The van der Waals surface area contributed by atoms with E-state index in [2.05, 4.69) is 6.92 Å². The molecule has 2 rings (SSSR count). The maximum atomic E-state index is 12.0. The molecule has 1 heterocycles. The number of thiocarbonyl (C=S) groups is 1. The van der Waals surface area contributed by atoms with Crippen LogP contribution in [0.5, 0.6) is 0 Å². The summed E-state index contributed by atoms with van der Waals surface area (Å²) in [6, 6.07) is 7.50. The molecular formula is C21H29NO4S. The normalized spacial score (nSPS) is 20.0. The van der Waals surface area contributed by atoms with Gasteiger partial charge in [-0.25, -0.2) is 9.59 Å². The number of esters is 1. The van der Waals surface area contributed by atoms with Crippen LogP contribution in [-0.2, 0) is 11.2 Å². The Kier molecular flexibility index (Phi) is 7.78. The molecule has 1 aliphatic heterocycles. The van der Waals surface area contributed by atoms with Gasteiger partial charge < -0.3 is 9.84 Å². The molecule has 0 radical (unpaired) electrons. The molecule has 0 aliphatic carbocycles. The molecule has 1 aromatic carbocycles. The van der Waals surface area contributed by atoms with Crippen molar-refractivity contribution in [3.63, 3.8) is 0 Å². The Morgan fingerprint density at radius 3 is 2.52 bits per heavy atom. The van der Waals surface area contributed by atoms with Crippen molar-refractivity contribution in [2.45, 2.75) is 46.5 Å². The second kappa shape index (κ2) is 9.83. The number of carbonyl (C=O) groups excluding carboxylic acids is 1. The van der Waals surface area contributed by atoms with Crippen LogP contribution >= 0.6 is 12.2 Å². The first-order chi connectivity index (χ1) is 12.8. The number of benzene rings is 1. The molecule has 5 nitrogen and oxygen atoms in total. The van der Waals surface area contributed by atoms with E-state index in [1.165, 1.54) is 4.90 Å². The van der Waals surface area contributed by atoms with Crippen LogP contribution in [0.2, 0.25) is 0 Å². The second-order valence-electron chi connectivity index (χ2n) is 7.67. The maximum Gasteiger partial charge on any atom is 0.412 e. The third-order valence-corrected chi connectivity index (χ3v) is 5.53. The molecule has 27 heavy (non-hydrogen) atoms. The SMILES string of the molecule is CCC1CC(CCc2ccc(C(=O)OCC(C)C)cc2)CN(C(=O)O)C1=S. The van der Waals surface area contributed by atoms with Crippen LogP contribution in [0.4, 0.5) is 4.79 Å². The lowest BCUT2D eigenvalue weighted by Crippen LogP contribution is -2.46. The van der Waals surface area contributed by atoms with Gasteiger partial charge in [0.15, 0.2) is 0 Å². The summed E-state index contributed by atoms with van der Waals surface area (Å²) in [6.07, 6.45) is 2.61. The third kappa shape index (κ3) is 6.03. The van der Waals surface area contributed by atoms with E-state index in [9.17, 15) is 14.7 Å². The van der Waals surface area contributed by atoms with Gasteiger partial charge in [-0.2, -0.15) is 0 Å². The second-order valence-corrected chi connectivity index (χ2v) is 8.08. The van der Waals surface area contributed by atoms with Crippen molar-refractivity contribution < 1.29 is 19.4 Å². The molecule has 1 aromatic rings. The van der Waals surface area contributed by atoms with E-state index < -0.39 is 6.09 Å². The number of ether oxygens (including phenoxy) is 1. The lowest BCUT2D eigenvalue weighted by Gasteiger charge is -2.36. The van der Waals surface area contributed by atoms with Crippen LogP contribution < -0.4 is 0 Å². The van der Waals surface area contributed by atoms with Gasteiger partial charge in [-0.15, -0.1) is 0 Å². The zero-order valence-corrected chi connectivity index (χ0v) is 17.1. The van der Waals surface area contributed by atoms with Crippen LogP contribution in [0.3, 0.4) is 0 Å². The summed E-state index contributed by atoms with van der Waals surface area (Å²) in [5.74, 6) is 0.481. The zero-order valence-electron chi connectivity index (χ0n) is 16.3. The Hall–Kier alpha value is -1.95. The van der Waals surface area contributed by atoms with Crippen LogP contribution in [0, 0.1) is 17.8 Å². The predicted molar refractivity (Wildman–Crippen MR) is 109 cm³/mol. The lowest BCUT2D eigenvalue weighted by molar-refractivity contribution is 0.0459. The topological polar surface area (TPSA) is 66.8 Å². The highest BCUT2D eigenvalue weighted by Crippen LogP contribution is 2.29. The average molecular weight is 392 g/mol. The largest absolute Gasteiger partial charge is 0.465 e. The van der Waals surface area contributed by atoms with Crippen molar-refractivity contribution in [3.05, 3.63) is 35.4 Å². The molecule has 0 bridgehead atoms. The van der Waals surface area contributed by atoms with Gasteiger partial charge in [-0.1, -0.05) is 45.1 Å². The number of aryl methyl sites for hydroxylation is 1. The number of piperidine rings is 1. The number of likely N-dealkylation sites (tertiary alicyclic amines) is 1. The highest BCUT2D eigenvalue weighted by atomic mass is 32.1. The first-order valence-electron chi connectivity index (χ1n) is 9.62. The zero-order chi connectivity index (χ0) is 20.0. The maximum absolute atomic E-state index is 12.0. The average Bonchev–Trinajstić information content (AvgIpc) is 2.65. The summed E-state index contributed by atoms with van der Waals surface area (Å²) in [7, 11) is 0. The smallest absolute Gasteiger partial charge is 0.412 e. The van der Waals surface area contributed by atoms with Crippen molar-refractivity contribution in [3.8, 4) is 0 Å². The molecule has 1 amide bonds. The van der Waals surface area contributed by atoms with Crippen molar-refractivity contribution >= 4 is 29.3 Å². The molecular weight excluding hydrogens is 362 g/mol. The Morgan fingerprint density at radius 2 is 1.96 bits per heavy atom. The van der Waals surface area contributed by atoms with Crippen LogP contribution in [-0.4, -0.2) is 40.2 Å². The summed E-state index contributed by atoms with van der Waals surface area (Å²) < 4.78 is 5.24. The molecule has 1 fully saturated rings. The van der Waals surface area contributed by atoms with Crippen LogP contribution in [0.15, 0.2) is 24.3 Å². The summed E-state index contributed by atoms with van der Waals surface area (Å²) in [4.78, 5) is 25.3. The van der Waals surface area contributed by atoms with E-state index in [4.69, 9.17) is 17.0 Å². The Labute approximate surface area is 166 Å². The van der Waals surface area contributed by atoms with Gasteiger partial charge in [0, 0.05) is 12.5 Å². The fourth-order valence-electron chi connectivity index (χ4n) is 3.37. The number of hydrogen-bond acceptors (Lipinski definition) is 4. The van der Waals surface area contributed by atoms with E-state index in [1.807, 2.05) is 26.0 Å². The summed E-state index contributed by atoms with van der Waals surface area (Å²) >= 11 is 5.33. The number of carboxylic acid groups (broad SMARTS) is 1. The van der Waals surface area contributed by atoms with Crippen LogP contribution in [0.1, 0.15) is 56.0 Å². The van der Waals surface area contributed by atoms with Gasteiger partial charge in [0.25, 0.3) is 0 Å². The molecule has 0 aromatic heterocycles. The van der Waals surface area contributed by atoms with E-state index in [0.717, 1.165) is 31.2 Å². The summed E-state index contributed by atoms with van der Waals surface area (Å²) in [6.45, 7) is 6.95. The first kappa shape index (κ1) is 21.4. The minimum atomic E-state index is -0.951. The van der Waals surface area contributed by atoms with Gasteiger partial charge in [0.05, 0.1) is 17.2 Å². The molecule has 1 N–H and O–H groups in total. The van der Waals surface area contributed by atoms with Gasteiger partial charge in [-0.3, -0.25) is 4.90 Å². The molecule has 1 saturated heterocycles. The minimum absolute atomic E-state index is 0.160. The van der Waals surface area contributed by atoms with Gasteiger partial charge >= 0.3 is 12.1 Å². The number of rotatable bonds is 7. The fraction of sp³-hybridized carbons (Fsp3) is 0.571. The highest BCUT2D eigenvalue weighted by molar-refractivity contribution is 7.80. The molecule has 1 aliphatic rings.